The van der Waals surface area contributed by atoms with E-state index in [1.165, 1.54) is 11.3 Å². The Morgan fingerprint density at radius 2 is 2.42 bits per heavy atom. The maximum absolute atomic E-state index is 5.75. The summed E-state index contributed by atoms with van der Waals surface area (Å²) in [6, 6.07) is 3.89. The van der Waals surface area contributed by atoms with Crippen molar-refractivity contribution in [2.45, 2.75) is 30.4 Å². The minimum Gasteiger partial charge on any atom is -0.244 e. The summed E-state index contributed by atoms with van der Waals surface area (Å²) >= 11 is 7.58. The molecule has 0 saturated heterocycles. The first-order valence-electron chi connectivity index (χ1n) is 4.00. The molecule has 1 rings (SSSR count). The van der Waals surface area contributed by atoms with Gasteiger partial charge in [-0.15, -0.1) is 11.8 Å². The number of nitrogens with zero attached hydrogens (tertiary/aromatic N) is 1. The molecule has 12 heavy (non-hydrogen) atoms. The lowest BCUT2D eigenvalue weighted by Gasteiger charge is -2.07. The first-order chi connectivity index (χ1) is 5.72. The number of aromatic nitrogens is 1. The SMILES string of the molecule is CCC(C)Sc1ccnc(Cl)c1. The highest BCUT2D eigenvalue weighted by Gasteiger charge is 2.01. The fourth-order valence-electron chi connectivity index (χ4n) is 0.774. The largest absolute Gasteiger partial charge is 0.244 e. The van der Waals surface area contributed by atoms with Crippen LogP contribution < -0.4 is 0 Å². The van der Waals surface area contributed by atoms with E-state index < -0.39 is 0 Å². The van der Waals surface area contributed by atoms with Gasteiger partial charge in [0.1, 0.15) is 5.15 Å². The van der Waals surface area contributed by atoms with Crippen LogP contribution in [0.2, 0.25) is 5.15 Å². The molecule has 66 valence electrons. The first-order valence-corrected chi connectivity index (χ1v) is 5.26. The van der Waals surface area contributed by atoms with Gasteiger partial charge in [0, 0.05) is 16.3 Å². The lowest BCUT2D eigenvalue weighted by atomic mass is 10.4. The lowest BCUT2D eigenvalue weighted by Crippen LogP contribution is -1.91. The van der Waals surface area contributed by atoms with Crippen molar-refractivity contribution < 1.29 is 0 Å². The maximum Gasteiger partial charge on any atom is 0.130 e. The summed E-state index contributed by atoms with van der Waals surface area (Å²) in [5.74, 6) is 0. The van der Waals surface area contributed by atoms with Gasteiger partial charge in [0.05, 0.1) is 0 Å². The molecule has 0 aromatic carbocycles. The third kappa shape index (κ3) is 3.03. The Labute approximate surface area is 82.5 Å². The molecule has 1 unspecified atom stereocenters. The second kappa shape index (κ2) is 4.73. The quantitative estimate of drug-likeness (QED) is 0.547. The van der Waals surface area contributed by atoms with Crippen LogP contribution in [-0.4, -0.2) is 10.2 Å². The molecule has 1 aromatic rings. The van der Waals surface area contributed by atoms with Crippen LogP contribution >= 0.6 is 23.4 Å². The molecule has 0 bridgehead atoms. The average molecular weight is 202 g/mol. The molecule has 3 heteroatoms. The van der Waals surface area contributed by atoms with E-state index in [0.717, 1.165) is 0 Å². The van der Waals surface area contributed by atoms with Gasteiger partial charge in [-0.25, -0.2) is 4.98 Å². The lowest BCUT2D eigenvalue weighted by molar-refractivity contribution is 0.905. The second-order valence-corrected chi connectivity index (χ2v) is 4.55. The zero-order chi connectivity index (χ0) is 8.97. The van der Waals surface area contributed by atoms with Crippen LogP contribution in [0.15, 0.2) is 23.2 Å². The molecule has 1 nitrogen and oxygen atoms in total. The normalized spacial score (nSPS) is 12.9. The number of hydrogen-bond donors (Lipinski definition) is 0. The van der Waals surface area contributed by atoms with Crippen molar-refractivity contribution in [1.29, 1.82) is 0 Å². The Bertz CT molecular complexity index is 252. The van der Waals surface area contributed by atoms with Gasteiger partial charge in [-0.1, -0.05) is 25.4 Å². The number of rotatable bonds is 3. The maximum atomic E-state index is 5.75. The number of pyridine rings is 1. The fraction of sp³-hybridized carbons (Fsp3) is 0.444. The van der Waals surface area contributed by atoms with Crippen molar-refractivity contribution in [1.82, 2.24) is 4.98 Å². The summed E-state index contributed by atoms with van der Waals surface area (Å²) in [5.41, 5.74) is 0. The summed E-state index contributed by atoms with van der Waals surface area (Å²) in [6.45, 7) is 4.39. The molecule has 0 aliphatic heterocycles. The highest BCUT2D eigenvalue weighted by atomic mass is 35.5. The van der Waals surface area contributed by atoms with Crippen LogP contribution in [0, 0.1) is 0 Å². The number of hydrogen-bond acceptors (Lipinski definition) is 2. The van der Waals surface area contributed by atoms with E-state index in [0.29, 0.717) is 10.4 Å². The van der Waals surface area contributed by atoms with Gasteiger partial charge in [-0.05, 0) is 18.6 Å². The molecule has 0 amide bonds. The van der Waals surface area contributed by atoms with E-state index in [1.54, 1.807) is 6.20 Å². The van der Waals surface area contributed by atoms with E-state index in [-0.39, 0.29) is 0 Å². The molecule has 0 radical (unpaired) electrons. The van der Waals surface area contributed by atoms with E-state index in [4.69, 9.17) is 11.6 Å². The monoisotopic (exact) mass is 201 g/mol. The summed E-state index contributed by atoms with van der Waals surface area (Å²) in [7, 11) is 0. The predicted molar refractivity (Wildman–Crippen MR) is 54.9 cm³/mol. The van der Waals surface area contributed by atoms with Crippen molar-refractivity contribution >= 4 is 23.4 Å². The standard InChI is InChI=1S/C9H12ClNS/c1-3-7(2)12-8-4-5-11-9(10)6-8/h4-7H,3H2,1-2H3. The van der Waals surface area contributed by atoms with E-state index in [1.807, 2.05) is 23.9 Å². The van der Waals surface area contributed by atoms with Crippen LogP contribution in [-0.2, 0) is 0 Å². The third-order valence-electron chi connectivity index (χ3n) is 1.61. The Hall–Kier alpha value is -0.210. The summed E-state index contributed by atoms with van der Waals surface area (Å²) in [4.78, 5) is 5.12. The predicted octanol–water partition coefficient (Wildman–Crippen LogP) is 3.63. The molecule has 1 heterocycles. The smallest absolute Gasteiger partial charge is 0.130 e. The highest BCUT2D eigenvalue weighted by Crippen LogP contribution is 2.25. The average Bonchev–Trinajstić information content (AvgIpc) is 2.04. The van der Waals surface area contributed by atoms with Crippen molar-refractivity contribution in [3.8, 4) is 0 Å². The summed E-state index contributed by atoms with van der Waals surface area (Å²) < 4.78 is 0. The van der Waals surface area contributed by atoms with Crippen molar-refractivity contribution in [2.75, 3.05) is 0 Å². The zero-order valence-electron chi connectivity index (χ0n) is 7.25. The van der Waals surface area contributed by atoms with Gasteiger partial charge < -0.3 is 0 Å². The first kappa shape index (κ1) is 9.87. The molecule has 1 atom stereocenters. The molecular formula is C9H12ClNS. The number of thioether (sulfide) groups is 1. The van der Waals surface area contributed by atoms with Crippen LogP contribution in [0.1, 0.15) is 20.3 Å². The Morgan fingerprint density at radius 3 is 3.00 bits per heavy atom. The van der Waals surface area contributed by atoms with Crippen molar-refractivity contribution in [3.63, 3.8) is 0 Å². The number of halogens is 1. The van der Waals surface area contributed by atoms with Gasteiger partial charge in [0.25, 0.3) is 0 Å². The molecule has 0 aliphatic rings. The van der Waals surface area contributed by atoms with Crippen molar-refractivity contribution in [3.05, 3.63) is 23.5 Å². The molecule has 0 saturated carbocycles. The zero-order valence-corrected chi connectivity index (χ0v) is 8.82. The Balaban J connectivity index is 2.63. The molecule has 1 aromatic heterocycles. The molecule has 0 aliphatic carbocycles. The summed E-state index contributed by atoms with van der Waals surface area (Å²) in [6.07, 6.45) is 2.91. The second-order valence-electron chi connectivity index (χ2n) is 2.65. The van der Waals surface area contributed by atoms with Crippen LogP contribution in [0.25, 0.3) is 0 Å². The van der Waals surface area contributed by atoms with Crippen LogP contribution in [0.3, 0.4) is 0 Å². The summed E-state index contributed by atoms with van der Waals surface area (Å²) in [5, 5.41) is 1.21. The third-order valence-corrected chi connectivity index (χ3v) is 3.08. The van der Waals surface area contributed by atoms with Gasteiger partial charge in [-0.3, -0.25) is 0 Å². The Kier molecular flexibility index (Phi) is 3.89. The van der Waals surface area contributed by atoms with Gasteiger partial charge in [0.15, 0.2) is 0 Å². The van der Waals surface area contributed by atoms with Crippen molar-refractivity contribution in [2.24, 2.45) is 0 Å². The molecule has 0 fully saturated rings. The fourth-order valence-corrected chi connectivity index (χ4v) is 1.96. The Morgan fingerprint density at radius 1 is 1.67 bits per heavy atom. The minimum atomic E-state index is 0.573. The molecule has 0 spiro atoms. The topological polar surface area (TPSA) is 12.9 Å². The molecular weight excluding hydrogens is 190 g/mol. The van der Waals surface area contributed by atoms with Crippen LogP contribution in [0.5, 0.6) is 0 Å². The van der Waals surface area contributed by atoms with Gasteiger partial charge in [0.2, 0.25) is 0 Å². The van der Waals surface area contributed by atoms with E-state index >= 15 is 0 Å². The van der Waals surface area contributed by atoms with Gasteiger partial charge in [-0.2, -0.15) is 0 Å². The van der Waals surface area contributed by atoms with Crippen LogP contribution in [0.4, 0.5) is 0 Å². The molecule has 0 N–H and O–H groups in total. The highest BCUT2D eigenvalue weighted by molar-refractivity contribution is 7.99. The van der Waals surface area contributed by atoms with E-state index in [9.17, 15) is 0 Å². The van der Waals surface area contributed by atoms with Gasteiger partial charge >= 0.3 is 0 Å². The minimum absolute atomic E-state index is 0.573. The van der Waals surface area contributed by atoms with E-state index in [2.05, 4.69) is 18.8 Å².